The fourth-order valence-corrected chi connectivity index (χ4v) is 20.6. The first-order valence-electron chi connectivity index (χ1n) is 50.6. The Labute approximate surface area is 858 Å². The number of likely N-dealkylation sites (N-methyl/N-ethyl adjacent to an activating group) is 6. The van der Waals surface area contributed by atoms with E-state index in [-0.39, 0.29) is 151 Å². The lowest BCUT2D eigenvalue weighted by Gasteiger charge is -2.41. The fraction of sp³-hybridized carbons (Fsp3) is 0.722. The van der Waals surface area contributed by atoms with E-state index in [0.29, 0.717) is 51.6 Å². The molecule has 2 fully saturated rings. The number of benzene rings is 2. The average molecular weight is 2030 g/mol. The third kappa shape index (κ3) is 37.5. The standard InChI is InChI=1S/C54H88N6O9S.C35H55N5O5S.C18H34N2O5.CH4/c1-18-36(8)47(59(15)51(64)39(34(4)5)31-43(61)46(35(6)7)58(14)52(65)42(29-33(2)3)57(13)53(66)69-54(10,11)12)44(67-16)32-45(62)60-27-22-25-41(60)48(68-17)37(9)49(63)56-40(50-55-26-28-70-50)30-38-23-20-19-21-24-38;1-9-23(4)31(39(6)35(43)30(36)22(2)3)28(44-7)21-29(41)40-18-13-16-27(40)32(45-8)24(5)33(42)38-26(34-37-17-19-46-34)20-25-14-11-10-12-15-25;1-11(2)10-13(19(8)17(24)25-18(5,6)7)15(21)20(9)14(12(3)4)16(22)23;/h19-21,23-24,26,28,33-37,39-42,44,46-48H,18,22,25,27,29-32H2,1-17H3,(H,56,63);10-12,14-15,17,19,22-24,26-28,30-32H,9,13,16,18,20-21,36H2,1-8H3,(H,38,42);11-14H,10H2,1-9H3,(H,22,23);1H4/t36-,37+,39-,40-,41-,42-,44+,46-,47-,48+;23-,24+,26-,27-,28+,30-,31-,32+;13-,14-;/m000./s1. The van der Waals surface area contributed by atoms with Crippen LogP contribution in [0.2, 0.25) is 0 Å². The van der Waals surface area contributed by atoms with Crippen LogP contribution in [0.25, 0.3) is 0 Å². The van der Waals surface area contributed by atoms with E-state index in [9.17, 15) is 62.6 Å². The van der Waals surface area contributed by atoms with E-state index in [1.807, 2.05) is 178 Å². The molecule has 10 amide bonds. The SMILES string of the molecule is C.CC(C)C[C@@H](C(=O)N(C)[C@H](C(=O)O)C(C)C)N(C)C(=O)OC(C)(C)C.CC[C@H](C)[C@@H]([C@@H](CC(=O)N1CCC[C@H]1[C@H](OC)[C@@H](C)C(=O)N[C@@H](Cc1ccccc1)c1nccs1)OC)N(C)C(=O)[C@@H](CC(=O)[C@H](C(C)C)N(C)C(=O)[C@H](CC(C)C)N(C)C(=O)OC(C)(C)C)C(C)C.CC[C@H](C)[C@@H]([C@@H](CC(=O)N1CCC[C@H]1[C@H](OC)[C@@H](C)C(=O)N[C@@H](Cc1ccccc1)c1nccs1)OC)N(C)C(=O)[C@@H](N)C(C)C. The van der Waals surface area contributed by atoms with E-state index in [1.54, 1.807) is 134 Å². The number of aliphatic carboxylic acids is 1. The number of aromatic nitrogens is 2. The summed E-state index contributed by atoms with van der Waals surface area (Å²) in [5, 5.41) is 21.3. The maximum absolute atomic E-state index is 14.8. The van der Waals surface area contributed by atoms with Gasteiger partial charge in [-0.1, -0.05) is 206 Å². The van der Waals surface area contributed by atoms with Crippen LogP contribution < -0.4 is 16.4 Å². The molecule has 0 bridgehead atoms. The van der Waals surface area contributed by atoms with E-state index in [4.69, 9.17) is 34.2 Å². The first-order valence-corrected chi connectivity index (χ1v) is 52.4. The Morgan fingerprint density at radius 3 is 1.11 bits per heavy atom. The van der Waals surface area contributed by atoms with Crippen LogP contribution in [0.5, 0.6) is 0 Å². The quantitative estimate of drug-likeness (QED) is 0.0319. The number of likely N-dealkylation sites (tertiary alicyclic amines) is 2. The number of nitrogens with one attached hydrogen (secondary N) is 2. The Balaban J connectivity index is 0.000000614. The highest BCUT2D eigenvalue weighted by molar-refractivity contribution is 7.09. The molecule has 2 aromatic heterocycles. The highest BCUT2D eigenvalue weighted by Gasteiger charge is 2.48. The highest BCUT2D eigenvalue weighted by atomic mass is 32.1. The zero-order chi connectivity index (χ0) is 107. The van der Waals surface area contributed by atoms with Crippen LogP contribution >= 0.6 is 22.7 Å². The highest BCUT2D eigenvalue weighted by Crippen LogP contribution is 2.36. The number of Topliss-reactive ketones (excluding diaryl/α,β-unsaturated/α-hetero) is 1. The van der Waals surface area contributed by atoms with Gasteiger partial charge in [-0.15, -0.1) is 22.7 Å². The van der Waals surface area contributed by atoms with Crippen LogP contribution in [-0.2, 0) is 89.2 Å². The molecule has 2 aliphatic rings. The Bertz CT molecular complexity index is 4500. The summed E-state index contributed by atoms with van der Waals surface area (Å²) in [5.74, 6) is -5.51. The summed E-state index contributed by atoms with van der Waals surface area (Å²) >= 11 is 3.01. The van der Waals surface area contributed by atoms with Gasteiger partial charge in [0.1, 0.15) is 39.3 Å². The van der Waals surface area contributed by atoms with Crippen molar-refractivity contribution in [2.45, 2.75) is 359 Å². The Morgan fingerprint density at radius 1 is 0.472 bits per heavy atom. The molecule has 142 heavy (non-hydrogen) atoms. The molecule has 6 rings (SSSR count). The van der Waals surface area contributed by atoms with E-state index in [1.165, 1.54) is 56.4 Å². The summed E-state index contributed by atoms with van der Waals surface area (Å²) < 4.78 is 35.1. The summed E-state index contributed by atoms with van der Waals surface area (Å²) in [6.07, 6.45) is 6.37. The van der Waals surface area contributed by atoms with Gasteiger partial charge in [0.05, 0.1) is 97.4 Å². The van der Waals surface area contributed by atoms with Crippen molar-refractivity contribution in [3.8, 4) is 0 Å². The second-order valence-electron chi connectivity index (χ2n) is 42.8. The molecule has 0 unspecified atom stereocenters. The van der Waals surface area contributed by atoms with Gasteiger partial charge in [-0.3, -0.25) is 53.0 Å². The van der Waals surface area contributed by atoms with Crippen molar-refractivity contribution < 1.29 is 91.1 Å². The van der Waals surface area contributed by atoms with Gasteiger partial charge in [-0.2, -0.15) is 0 Å². The molecule has 34 heteroatoms. The molecule has 4 heterocycles. The molecule has 32 nitrogen and oxygen atoms in total. The fourth-order valence-electron chi connectivity index (χ4n) is 19.2. The molecule has 4 aromatic rings. The second kappa shape index (κ2) is 60.1. The smallest absolute Gasteiger partial charge is 0.410 e. The molecule has 0 saturated carbocycles. The summed E-state index contributed by atoms with van der Waals surface area (Å²) in [7, 11) is 15.9. The van der Waals surface area contributed by atoms with Crippen LogP contribution in [-0.4, -0.2) is 299 Å². The van der Waals surface area contributed by atoms with Gasteiger partial charge in [-0.05, 0) is 151 Å². The van der Waals surface area contributed by atoms with E-state index >= 15 is 0 Å². The van der Waals surface area contributed by atoms with Crippen molar-refractivity contribution in [1.29, 1.82) is 0 Å². The number of ketones is 1. The minimum absolute atomic E-state index is 0. The summed E-state index contributed by atoms with van der Waals surface area (Å²) in [4.78, 5) is 185. The second-order valence-corrected chi connectivity index (χ2v) is 44.7. The minimum atomic E-state index is -1.06. The number of ether oxygens (including phenoxy) is 6. The summed E-state index contributed by atoms with van der Waals surface area (Å²) in [5.41, 5.74) is 6.98. The maximum atomic E-state index is 14.8. The molecular formula is C108H181N13O19S2. The molecule has 0 aliphatic carbocycles. The topological polar surface area (TPSA) is 382 Å². The number of nitrogens with zero attached hydrogens (tertiary/aromatic N) is 10. The Morgan fingerprint density at radius 2 is 0.824 bits per heavy atom. The molecule has 0 spiro atoms. The van der Waals surface area contributed by atoms with Crippen molar-refractivity contribution in [3.05, 3.63) is 105 Å². The molecule has 0 radical (unpaired) electrons. The van der Waals surface area contributed by atoms with Gasteiger partial charge in [0.25, 0.3) is 0 Å². The third-order valence-electron chi connectivity index (χ3n) is 27.4. The predicted octanol–water partition coefficient (Wildman–Crippen LogP) is 16.4. The molecule has 20 atom stereocenters. The molecule has 2 aliphatic heterocycles. The number of hydrogen-bond acceptors (Lipinski definition) is 23. The molecule has 2 aromatic carbocycles. The number of rotatable bonds is 50. The van der Waals surface area contributed by atoms with Gasteiger partial charge in [-0.25, -0.2) is 24.4 Å². The Hall–Kier alpha value is -9.06. The number of thiazole rings is 2. The predicted molar refractivity (Wildman–Crippen MR) is 561 cm³/mol. The number of carbonyl (C=O) groups excluding carboxylic acids is 11. The van der Waals surface area contributed by atoms with Gasteiger partial charge < -0.3 is 79.3 Å². The largest absolute Gasteiger partial charge is 0.480 e. The number of methoxy groups -OCH3 is 4. The molecule has 804 valence electrons. The maximum Gasteiger partial charge on any atom is 0.410 e. The monoisotopic (exact) mass is 2030 g/mol. The van der Waals surface area contributed by atoms with Gasteiger partial charge in [0, 0.05) is 119 Å². The number of carboxylic acid groups (broad SMARTS) is 1. The van der Waals surface area contributed by atoms with E-state index in [2.05, 4.69) is 34.4 Å². The summed E-state index contributed by atoms with van der Waals surface area (Å²) in [6.45, 7) is 46.3. The molecule has 2 saturated heterocycles. The van der Waals surface area contributed by atoms with Crippen molar-refractivity contribution >= 4 is 93.9 Å². The van der Waals surface area contributed by atoms with E-state index < -0.39 is 114 Å². The van der Waals surface area contributed by atoms with Crippen molar-refractivity contribution in [3.63, 3.8) is 0 Å². The average Bonchev–Trinajstić information content (AvgIpc) is 1.55. The van der Waals surface area contributed by atoms with Gasteiger partial charge >= 0.3 is 18.2 Å². The zero-order valence-electron chi connectivity index (χ0n) is 91.4. The number of hydrogen-bond donors (Lipinski definition) is 4. The van der Waals surface area contributed by atoms with Crippen molar-refractivity contribution in [1.82, 2.24) is 59.8 Å². The molecule has 5 N–H and O–H groups in total. The summed E-state index contributed by atoms with van der Waals surface area (Å²) in [6, 6.07) is 13.8. The van der Waals surface area contributed by atoms with Crippen molar-refractivity contribution in [2.75, 3.05) is 83.8 Å². The van der Waals surface area contributed by atoms with Crippen LogP contribution in [0.3, 0.4) is 0 Å². The van der Waals surface area contributed by atoms with Crippen molar-refractivity contribution in [2.24, 2.45) is 70.8 Å². The van der Waals surface area contributed by atoms with Gasteiger partial charge in [0.2, 0.25) is 47.3 Å². The zero-order valence-corrected chi connectivity index (χ0v) is 93.0. The van der Waals surface area contributed by atoms with E-state index in [0.717, 1.165) is 46.8 Å². The Kier molecular flexibility index (Phi) is 53.8. The van der Waals surface area contributed by atoms with Crippen LogP contribution in [0, 0.1) is 65.1 Å². The number of carboxylic acids is 1. The number of nitrogens with two attached hydrogens (primary N) is 1. The molecular weight excluding hydrogens is 1850 g/mol. The third-order valence-corrected chi connectivity index (χ3v) is 29.2. The minimum Gasteiger partial charge on any atom is -0.480 e. The normalized spacial score (nSPS) is 17.8. The lowest BCUT2D eigenvalue weighted by molar-refractivity contribution is -0.153. The number of amides is 10. The van der Waals surface area contributed by atoms with Gasteiger partial charge in [0.15, 0.2) is 5.78 Å². The first kappa shape index (κ1) is 127. The van der Waals surface area contributed by atoms with Crippen LogP contribution in [0.1, 0.15) is 277 Å². The lowest BCUT2D eigenvalue weighted by atomic mass is 9.83. The number of carbonyl (C=O) groups is 12. The van der Waals surface area contributed by atoms with Crippen LogP contribution in [0.15, 0.2) is 83.8 Å². The lowest BCUT2D eigenvalue weighted by Crippen LogP contribution is -2.56. The van der Waals surface area contributed by atoms with Crippen LogP contribution in [0.4, 0.5) is 9.59 Å². The first-order chi connectivity index (χ1) is 65.9.